The monoisotopic (exact) mass is 333 g/mol. The van der Waals surface area contributed by atoms with E-state index in [1.807, 2.05) is 0 Å². The summed E-state index contributed by atoms with van der Waals surface area (Å²) >= 11 is 3.56. The Morgan fingerprint density at radius 1 is 1.35 bits per heavy atom. The molecule has 3 atom stereocenters. The van der Waals surface area contributed by atoms with Crippen molar-refractivity contribution in [1.82, 2.24) is 14.9 Å². The van der Waals surface area contributed by atoms with Crippen LogP contribution < -0.4 is 5.32 Å². The van der Waals surface area contributed by atoms with Gasteiger partial charge in [0, 0.05) is 28.5 Å². The van der Waals surface area contributed by atoms with Crippen molar-refractivity contribution in [3.8, 4) is 0 Å². The first-order valence-electron chi connectivity index (χ1n) is 7.57. The van der Waals surface area contributed by atoms with Gasteiger partial charge < -0.3 is 9.88 Å². The zero-order chi connectivity index (χ0) is 13.9. The van der Waals surface area contributed by atoms with E-state index in [-0.39, 0.29) is 0 Å². The summed E-state index contributed by atoms with van der Waals surface area (Å²) in [7, 11) is 0. The first-order valence-corrected chi connectivity index (χ1v) is 8.36. The van der Waals surface area contributed by atoms with E-state index in [0.717, 1.165) is 16.0 Å². The molecule has 2 aromatic rings. The number of nitrogens with zero attached hydrogens (tertiary/aromatic N) is 2. The minimum absolute atomic E-state index is 0.454. The first-order chi connectivity index (χ1) is 9.63. The van der Waals surface area contributed by atoms with Crippen molar-refractivity contribution in [2.45, 2.75) is 57.2 Å². The van der Waals surface area contributed by atoms with Gasteiger partial charge >= 0.3 is 0 Å². The third kappa shape index (κ3) is 1.85. The van der Waals surface area contributed by atoms with Crippen LogP contribution in [0, 0.1) is 0 Å². The number of nitrogens with one attached hydrogen (secondary N) is 1. The van der Waals surface area contributed by atoms with Crippen LogP contribution in [0.25, 0.3) is 11.0 Å². The molecule has 3 nitrogen and oxygen atoms in total. The summed E-state index contributed by atoms with van der Waals surface area (Å²) in [6.45, 7) is 4.51. The highest BCUT2D eigenvalue weighted by atomic mass is 79.9. The topological polar surface area (TPSA) is 29.9 Å². The van der Waals surface area contributed by atoms with E-state index in [1.54, 1.807) is 0 Å². The minimum Gasteiger partial charge on any atom is -0.325 e. The molecule has 2 aliphatic heterocycles. The van der Waals surface area contributed by atoms with E-state index in [9.17, 15) is 0 Å². The van der Waals surface area contributed by atoms with Gasteiger partial charge in [0.1, 0.15) is 5.82 Å². The molecule has 2 fully saturated rings. The number of aromatic nitrogens is 2. The molecular formula is C16H20BrN3. The number of halogens is 1. The Bertz CT molecular complexity index is 661. The average molecular weight is 334 g/mol. The van der Waals surface area contributed by atoms with Crippen molar-refractivity contribution in [3.05, 3.63) is 28.5 Å². The maximum atomic E-state index is 4.99. The SMILES string of the molecule is CC(C)n1c(C2CC3CCC2N3)nc2cc(Br)ccc21. The van der Waals surface area contributed by atoms with Gasteiger partial charge in [-0.15, -0.1) is 0 Å². The summed E-state index contributed by atoms with van der Waals surface area (Å²) in [6.07, 6.45) is 3.90. The van der Waals surface area contributed by atoms with Gasteiger partial charge in [0.2, 0.25) is 0 Å². The van der Waals surface area contributed by atoms with E-state index < -0.39 is 0 Å². The van der Waals surface area contributed by atoms with Crippen LogP contribution in [0.4, 0.5) is 0 Å². The van der Waals surface area contributed by atoms with Crippen LogP contribution in [0.5, 0.6) is 0 Å². The van der Waals surface area contributed by atoms with Crippen molar-refractivity contribution in [3.63, 3.8) is 0 Å². The summed E-state index contributed by atoms with van der Waals surface area (Å²) < 4.78 is 3.55. The summed E-state index contributed by atoms with van der Waals surface area (Å²) in [4.78, 5) is 4.99. The van der Waals surface area contributed by atoms with Crippen molar-refractivity contribution in [2.24, 2.45) is 0 Å². The molecule has 1 aromatic carbocycles. The number of benzene rings is 1. The zero-order valence-corrected chi connectivity index (χ0v) is 13.5. The predicted molar refractivity (Wildman–Crippen MR) is 85.1 cm³/mol. The number of imidazole rings is 1. The third-order valence-electron chi connectivity index (χ3n) is 4.83. The molecule has 4 heteroatoms. The molecule has 0 amide bonds. The Labute approximate surface area is 127 Å². The van der Waals surface area contributed by atoms with Gasteiger partial charge in [-0.1, -0.05) is 15.9 Å². The van der Waals surface area contributed by atoms with Crippen LogP contribution >= 0.6 is 15.9 Å². The van der Waals surface area contributed by atoms with Crippen LogP contribution in [0.15, 0.2) is 22.7 Å². The Kier molecular flexibility index (Phi) is 2.93. The lowest BCUT2D eigenvalue weighted by Crippen LogP contribution is -2.24. The Hall–Kier alpha value is -0.870. The quantitative estimate of drug-likeness (QED) is 0.900. The zero-order valence-electron chi connectivity index (χ0n) is 11.9. The fourth-order valence-electron chi connectivity index (χ4n) is 4.00. The molecule has 2 saturated heterocycles. The summed E-state index contributed by atoms with van der Waals surface area (Å²) in [5.41, 5.74) is 2.38. The number of hydrogen-bond acceptors (Lipinski definition) is 2. The fourth-order valence-corrected chi connectivity index (χ4v) is 4.35. The highest BCUT2D eigenvalue weighted by Crippen LogP contribution is 2.41. The van der Waals surface area contributed by atoms with Crippen molar-refractivity contribution in [2.75, 3.05) is 0 Å². The van der Waals surface area contributed by atoms with Crippen molar-refractivity contribution < 1.29 is 0 Å². The smallest absolute Gasteiger partial charge is 0.114 e. The number of fused-ring (bicyclic) bond motifs is 3. The predicted octanol–water partition coefficient (Wildman–Crippen LogP) is 3.99. The maximum absolute atomic E-state index is 4.99. The molecule has 20 heavy (non-hydrogen) atoms. The van der Waals surface area contributed by atoms with Gasteiger partial charge in [0.25, 0.3) is 0 Å². The second-order valence-corrected chi connectivity index (χ2v) is 7.37. The lowest BCUT2D eigenvalue weighted by Gasteiger charge is -2.22. The molecule has 0 spiro atoms. The molecule has 2 bridgehead atoms. The maximum Gasteiger partial charge on any atom is 0.114 e. The van der Waals surface area contributed by atoms with Crippen LogP contribution in [0.3, 0.4) is 0 Å². The van der Waals surface area contributed by atoms with Crippen LogP contribution in [0.2, 0.25) is 0 Å². The molecule has 3 unspecified atom stereocenters. The molecule has 0 radical (unpaired) electrons. The van der Waals surface area contributed by atoms with E-state index >= 15 is 0 Å². The summed E-state index contributed by atoms with van der Waals surface area (Å²) in [5.74, 6) is 1.87. The molecule has 2 aliphatic rings. The molecule has 3 heterocycles. The van der Waals surface area contributed by atoms with Gasteiger partial charge in [-0.05, 0) is 51.3 Å². The number of rotatable bonds is 2. The van der Waals surface area contributed by atoms with Crippen molar-refractivity contribution >= 4 is 27.0 Å². The van der Waals surface area contributed by atoms with E-state index in [4.69, 9.17) is 4.98 Å². The molecule has 1 aromatic heterocycles. The van der Waals surface area contributed by atoms with Crippen LogP contribution in [0.1, 0.15) is 50.9 Å². The van der Waals surface area contributed by atoms with Crippen molar-refractivity contribution in [1.29, 1.82) is 0 Å². The van der Waals surface area contributed by atoms with Gasteiger partial charge in [0.05, 0.1) is 11.0 Å². The third-order valence-corrected chi connectivity index (χ3v) is 5.32. The average Bonchev–Trinajstić information content (AvgIpc) is 3.09. The highest BCUT2D eigenvalue weighted by molar-refractivity contribution is 9.10. The lowest BCUT2D eigenvalue weighted by atomic mass is 9.88. The van der Waals surface area contributed by atoms with E-state index in [1.165, 1.54) is 30.6 Å². The van der Waals surface area contributed by atoms with Crippen LogP contribution in [-0.2, 0) is 0 Å². The molecule has 4 rings (SSSR count). The Balaban J connectivity index is 1.87. The summed E-state index contributed by atoms with van der Waals surface area (Å²) in [6, 6.07) is 8.26. The Morgan fingerprint density at radius 3 is 2.85 bits per heavy atom. The standard InChI is InChI=1S/C16H20BrN3/c1-9(2)20-15-6-3-10(17)7-14(15)19-16(20)12-8-11-4-5-13(12)18-11/h3,6-7,9,11-13,18H,4-5,8H2,1-2H3. The largest absolute Gasteiger partial charge is 0.325 e. The van der Waals surface area contributed by atoms with E-state index in [2.05, 4.69) is 57.9 Å². The first kappa shape index (κ1) is 12.8. The van der Waals surface area contributed by atoms with Gasteiger partial charge in [-0.2, -0.15) is 0 Å². The fraction of sp³-hybridized carbons (Fsp3) is 0.562. The molecular weight excluding hydrogens is 314 g/mol. The highest BCUT2D eigenvalue weighted by Gasteiger charge is 2.42. The number of hydrogen-bond donors (Lipinski definition) is 1. The second-order valence-electron chi connectivity index (χ2n) is 6.46. The van der Waals surface area contributed by atoms with E-state index in [0.29, 0.717) is 18.0 Å². The van der Waals surface area contributed by atoms with Gasteiger partial charge in [0.15, 0.2) is 0 Å². The second kappa shape index (κ2) is 4.57. The molecule has 0 aliphatic carbocycles. The molecule has 1 N–H and O–H groups in total. The lowest BCUT2D eigenvalue weighted by molar-refractivity contribution is 0.455. The molecule has 106 valence electrons. The Morgan fingerprint density at radius 2 is 2.20 bits per heavy atom. The summed E-state index contributed by atoms with van der Waals surface area (Å²) in [5, 5.41) is 3.74. The molecule has 0 saturated carbocycles. The normalized spacial score (nSPS) is 28.9. The van der Waals surface area contributed by atoms with Gasteiger partial charge in [-0.25, -0.2) is 4.98 Å². The van der Waals surface area contributed by atoms with Gasteiger partial charge in [-0.3, -0.25) is 0 Å². The minimum atomic E-state index is 0.454. The van der Waals surface area contributed by atoms with Crippen LogP contribution in [-0.4, -0.2) is 21.6 Å².